The van der Waals surface area contributed by atoms with Gasteiger partial charge in [-0.3, -0.25) is 0 Å². The number of hydrogen-bond donors (Lipinski definition) is 0. The Balaban J connectivity index is 1.99. The molecule has 0 saturated heterocycles. The molecule has 0 aliphatic heterocycles. The van der Waals surface area contributed by atoms with E-state index in [0.29, 0.717) is 5.89 Å². The van der Waals surface area contributed by atoms with Gasteiger partial charge in [-0.25, -0.2) is 4.98 Å². The van der Waals surface area contributed by atoms with Crippen LogP contribution in [-0.2, 0) is 0 Å². The average Bonchev–Trinajstić information content (AvgIpc) is 2.90. The molecule has 0 N–H and O–H groups in total. The zero-order valence-electron chi connectivity index (χ0n) is 9.13. The van der Waals surface area contributed by atoms with Gasteiger partial charge in [-0.2, -0.15) is 0 Å². The van der Waals surface area contributed by atoms with E-state index in [0.717, 1.165) is 16.8 Å². The second-order valence-corrected chi connectivity index (χ2v) is 3.69. The lowest BCUT2D eigenvalue weighted by Crippen LogP contribution is -1.78. The standard InChI is InChI=1S/C15H10NO/c1-3-7-12(8-4-1)14-11-17-15(16-14)13-9-5-2-6-10-13/h2-11H. The summed E-state index contributed by atoms with van der Waals surface area (Å²) in [5.74, 6) is 0.647. The number of hydrogen-bond acceptors (Lipinski definition) is 2. The van der Waals surface area contributed by atoms with Gasteiger partial charge in [0.2, 0.25) is 5.89 Å². The van der Waals surface area contributed by atoms with E-state index < -0.39 is 0 Å². The van der Waals surface area contributed by atoms with Crippen molar-refractivity contribution in [1.82, 2.24) is 4.98 Å². The molecule has 17 heavy (non-hydrogen) atoms. The Kier molecular flexibility index (Phi) is 2.47. The third-order valence-corrected chi connectivity index (χ3v) is 2.54. The van der Waals surface area contributed by atoms with Gasteiger partial charge in [0.25, 0.3) is 0 Å². The molecule has 81 valence electrons. The number of oxazole rings is 1. The van der Waals surface area contributed by atoms with E-state index in [9.17, 15) is 0 Å². The van der Waals surface area contributed by atoms with E-state index in [1.807, 2.05) is 54.6 Å². The van der Waals surface area contributed by atoms with E-state index in [2.05, 4.69) is 11.1 Å². The van der Waals surface area contributed by atoms with Crippen molar-refractivity contribution in [3.8, 4) is 22.7 Å². The Hall–Kier alpha value is -2.35. The fraction of sp³-hybridized carbons (Fsp3) is 0. The summed E-state index contributed by atoms with van der Waals surface area (Å²) in [5.41, 5.74) is 2.87. The lowest BCUT2D eigenvalue weighted by molar-refractivity contribution is 0.575. The summed E-state index contributed by atoms with van der Waals surface area (Å²) in [6.07, 6.45) is 1.68. The van der Waals surface area contributed by atoms with Gasteiger partial charge < -0.3 is 4.42 Å². The first-order valence-corrected chi connectivity index (χ1v) is 5.41. The van der Waals surface area contributed by atoms with Crippen LogP contribution in [0.15, 0.2) is 65.3 Å². The third-order valence-electron chi connectivity index (χ3n) is 2.54. The van der Waals surface area contributed by atoms with Crippen LogP contribution < -0.4 is 0 Å². The van der Waals surface area contributed by atoms with Crippen molar-refractivity contribution >= 4 is 0 Å². The Bertz CT molecular complexity index is 545. The van der Waals surface area contributed by atoms with Gasteiger partial charge in [0, 0.05) is 11.1 Å². The Morgan fingerprint density at radius 2 is 1.65 bits per heavy atom. The maximum Gasteiger partial charge on any atom is 0.226 e. The molecule has 0 fully saturated rings. The van der Waals surface area contributed by atoms with Crippen LogP contribution in [0.3, 0.4) is 0 Å². The van der Waals surface area contributed by atoms with Gasteiger partial charge in [-0.05, 0) is 18.2 Å². The highest BCUT2D eigenvalue weighted by Gasteiger charge is 2.07. The summed E-state index contributed by atoms with van der Waals surface area (Å²) in [6.45, 7) is 0. The van der Waals surface area contributed by atoms with Gasteiger partial charge in [0.1, 0.15) is 12.0 Å². The van der Waals surface area contributed by atoms with Gasteiger partial charge in [0.15, 0.2) is 0 Å². The molecule has 0 atom stereocenters. The average molecular weight is 220 g/mol. The molecule has 0 amide bonds. The van der Waals surface area contributed by atoms with Crippen LogP contribution in [0.1, 0.15) is 0 Å². The minimum Gasteiger partial charge on any atom is -0.444 e. The summed E-state index contributed by atoms with van der Waals surface area (Å²) < 4.78 is 5.48. The second kappa shape index (κ2) is 4.26. The molecule has 0 spiro atoms. The van der Waals surface area contributed by atoms with Crippen LogP contribution in [0.5, 0.6) is 0 Å². The van der Waals surface area contributed by atoms with Crippen molar-refractivity contribution in [2.24, 2.45) is 0 Å². The molecule has 1 heterocycles. The molecule has 0 aliphatic carbocycles. The highest BCUT2D eigenvalue weighted by Crippen LogP contribution is 2.23. The first-order valence-electron chi connectivity index (χ1n) is 5.41. The van der Waals surface area contributed by atoms with E-state index in [1.165, 1.54) is 0 Å². The van der Waals surface area contributed by atoms with Crippen molar-refractivity contribution < 1.29 is 4.42 Å². The largest absolute Gasteiger partial charge is 0.444 e. The first kappa shape index (κ1) is 9.85. The monoisotopic (exact) mass is 220 g/mol. The molecule has 2 nitrogen and oxygen atoms in total. The highest BCUT2D eigenvalue weighted by molar-refractivity contribution is 5.62. The molecule has 2 heteroatoms. The van der Waals surface area contributed by atoms with Crippen molar-refractivity contribution in [3.63, 3.8) is 0 Å². The zero-order valence-corrected chi connectivity index (χ0v) is 9.13. The minimum absolute atomic E-state index is 0.647. The number of nitrogens with zero attached hydrogens (tertiary/aromatic N) is 1. The molecule has 1 radical (unpaired) electrons. The molecular weight excluding hydrogens is 210 g/mol. The molecule has 0 saturated carbocycles. The van der Waals surface area contributed by atoms with Crippen LogP contribution in [0.2, 0.25) is 0 Å². The smallest absolute Gasteiger partial charge is 0.226 e. The summed E-state index contributed by atoms with van der Waals surface area (Å²) in [6, 6.07) is 20.5. The van der Waals surface area contributed by atoms with E-state index in [1.54, 1.807) is 6.26 Å². The van der Waals surface area contributed by atoms with Crippen molar-refractivity contribution in [2.75, 3.05) is 0 Å². The predicted molar refractivity (Wildman–Crippen MR) is 66.2 cm³/mol. The molecule has 0 aliphatic rings. The number of rotatable bonds is 2. The maximum atomic E-state index is 5.48. The highest BCUT2D eigenvalue weighted by atomic mass is 16.3. The van der Waals surface area contributed by atoms with Crippen molar-refractivity contribution in [1.29, 1.82) is 0 Å². The topological polar surface area (TPSA) is 26.0 Å². The lowest BCUT2D eigenvalue weighted by Gasteiger charge is -1.93. The van der Waals surface area contributed by atoms with Crippen LogP contribution in [-0.4, -0.2) is 4.98 Å². The molecular formula is C15H10NO. The molecule has 0 unspecified atom stereocenters. The van der Waals surface area contributed by atoms with Gasteiger partial charge in [-0.1, -0.05) is 42.5 Å². The van der Waals surface area contributed by atoms with Crippen LogP contribution in [0.25, 0.3) is 22.7 Å². The SMILES string of the molecule is [c]1ccc(-c2coc(-c3ccccc3)n2)cc1. The third kappa shape index (κ3) is 1.97. The van der Waals surface area contributed by atoms with Crippen LogP contribution in [0, 0.1) is 6.07 Å². The fourth-order valence-corrected chi connectivity index (χ4v) is 1.68. The van der Waals surface area contributed by atoms with E-state index in [4.69, 9.17) is 4.42 Å². The molecule has 1 aromatic heterocycles. The van der Waals surface area contributed by atoms with Crippen LogP contribution >= 0.6 is 0 Å². The van der Waals surface area contributed by atoms with Gasteiger partial charge in [-0.15, -0.1) is 0 Å². The summed E-state index contributed by atoms with van der Waals surface area (Å²) >= 11 is 0. The van der Waals surface area contributed by atoms with Crippen molar-refractivity contribution in [2.45, 2.75) is 0 Å². The van der Waals surface area contributed by atoms with Gasteiger partial charge >= 0.3 is 0 Å². The molecule has 3 rings (SSSR count). The molecule has 2 aromatic carbocycles. The maximum absolute atomic E-state index is 5.48. The second-order valence-electron chi connectivity index (χ2n) is 3.69. The minimum atomic E-state index is 0.647. The van der Waals surface area contributed by atoms with E-state index >= 15 is 0 Å². The quantitative estimate of drug-likeness (QED) is 0.656. The summed E-state index contributed by atoms with van der Waals surface area (Å²) in [7, 11) is 0. The van der Waals surface area contributed by atoms with Gasteiger partial charge in [0.05, 0.1) is 0 Å². The first-order chi connectivity index (χ1) is 8.43. The molecule has 0 bridgehead atoms. The number of aromatic nitrogens is 1. The van der Waals surface area contributed by atoms with E-state index in [-0.39, 0.29) is 0 Å². The molecule has 3 aromatic rings. The fourth-order valence-electron chi connectivity index (χ4n) is 1.68. The number of benzene rings is 2. The summed E-state index contributed by atoms with van der Waals surface area (Å²) in [4.78, 5) is 4.47. The Morgan fingerprint density at radius 1 is 0.882 bits per heavy atom. The lowest BCUT2D eigenvalue weighted by atomic mass is 10.2. The zero-order chi connectivity index (χ0) is 11.5. The van der Waals surface area contributed by atoms with Crippen LogP contribution in [0.4, 0.5) is 0 Å². The summed E-state index contributed by atoms with van der Waals surface area (Å²) in [5, 5.41) is 0. The normalized spacial score (nSPS) is 10.4. The Morgan fingerprint density at radius 3 is 2.41 bits per heavy atom. The Labute approximate surface area is 99.6 Å². The predicted octanol–water partition coefficient (Wildman–Crippen LogP) is 3.81. The van der Waals surface area contributed by atoms with Crippen molar-refractivity contribution in [3.05, 3.63) is 66.9 Å².